The van der Waals surface area contributed by atoms with E-state index in [0.717, 1.165) is 19.3 Å². The molecule has 28 heavy (non-hydrogen) atoms. The lowest BCUT2D eigenvalue weighted by molar-refractivity contribution is -0.191. The molecular formula is C22H34O6. The second-order valence-corrected chi connectivity index (χ2v) is 10.7. The van der Waals surface area contributed by atoms with Gasteiger partial charge in [-0.25, -0.2) is 0 Å². The molecule has 2 bridgehead atoms. The third-order valence-corrected chi connectivity index (χ3v) is 8.22. The molecule has 6 heteroatoms. The largest absolute Gasteiger partial charge is 0.462 e. The second kappa shape index (κ2) is 6.02. The molecule has 4 aliphatic rings. The number of fused-ring (bicyclic) bond motifs is 4. The van der Waals surface area contributed by atoms with Crippen molar-refractivity contribution in [3.05, 3.63) is 0 Å². The van der Waals surface area contributed by atoms with Gasteiger partial charge in [-0.05, 0) is 51.4 Å². The van der Waals surface area contributed by atoms with Crippen molar-refractivity contribution in [3.8, 4) is 0 Å². The van der Waals surface area contributed by atoms with Crippen LogP contribution in [0.3, 0.4) is 0 Å². The maximum Gasteiger partial charge on any atom is 0.302 e. The summed E-state index contributed by atoms with van der Waals surface area (Å²) in [5, 5.41) is 11.3. The lowest BCUT2D eigenvalue weighted by atomic mass is 9.53. The van der Waals surface area contributed by atoms with Crippen LogP contribution in [0, 0.1) is 17.3 Å². The summed E-state index contributed by atoms with van der Waals surface area (Å²) >= 11 is 0. The molecule has 158 valence electrons. The lowest BCUT2D eigenvalue weighted by Gasteiger charge is -2.54. The van der Waals surface area contributed by atoms with E-state index >= 15 is 0 Å². The predicted molar refractivity (Wildman–Crippen MR) is 102 cm³/mol. The zero-order valence-corrected chi connectivity index (χ0v) is 17.9. The molecule has 2 saturated heterocycles. The van der Waals surface area contributed by atoms with Crippen LogP contribution < -0.4 is 0 Å². The fourth-order valence-corrected chi connectivity index (χ4v) is 6.23. The van der Waals surface area contributed by atoms with E-state index in [0.29, 0.717) is 12.8 Å². The summed E-state index contributed by atoms with van der Waals surface area (Å²) < 4.78 is 17.9. The second-order valence-electron chi connectivity index (χ2n) is 10.7. The minimum atomic E-state index is -1.54. The van der Waals surface area contributed by atoms with E-state index in [4.69, 9.17) is 14.2 Å². The summed E-state index contributed by atoms with van der Waals surface area (Å²) in [6.45, 7) is 11.4. The number of carbonyl (C=O) groups excluding carboxylic acids is 2. The molecule has 0 aromatic rings. The van der Waals surface area contributed by atoms with Gasteiger partial charge in [0.15, 0.2) is 5.78 Å². The van der Waals surface area contributed by atoms with Crippen LogP contribution >= 0.6 is 0 Å². The molecule has 0 amide bonds. The molecule has 1 N–H and O–H groups in total. The maximum atomic E-state index is 13.0. The van der Waals surface area contributed by atoms with Crippen molar-refractivity contribution in [3.63, 3.8) is 0 Å². The van der Waals surface area contributed by atoms with Crippen LogP contribution in [0.5, 0.6) is 0 Å². The number of Topliss-reactive ketones (excluding diaryl/α,β-unsaturated/α-hetero) is 1. The number of esters is 1. The molecular weight excluding hydrogens is 360 g/mol. The van der Waals surface area contributed by atoms with Gasteiger partial charge in [-0.2, -0.15) is 0 Å². The SMILES string of the molecule is CC(=O)O[C@H]1CC2(C)OC2CCC2(C)OC2CC2CC(=O)C(C)(O)C1C2(C)C. The fraction of sp³-hybridized carbons (Fsp3) is 0.909. The van der Waals surface area contributed by atoms with Crippen LogP contribution in [0.2, 0.25) is 0 Å². The van der Waals surface area contributed by atoms with Gasteiger partial charge in [0.25, 0.3) is 0 Å². The van der Waals surface area contributed by atoms with E-state index in [9.17, 15) is 14.7 Å². The minimum absolute atomic E-state index is 0.0678. The summed E-state index contributed by atoms with van der Waals surface area (Å²) in [5.41, 5.74) is -2.48. The minimum Gasteiger partial charge on any atom is -0.462 e. The van der Waals surface area contributed by atoms with E-state index in [1.165, 1.54) is 6.92 Å². The molecule has 0 aromatic carbocycles. The summed E-state index contributed by atoms with van der Waals surface area (Å²) in [6.07, 6.45) is 3.09. The van der Waals surface area contributed by atoms with Gasteiger partial charge in [0.2, 0.25) is 0 Å². The fourth-order valence-electron chi connectivity index (χ4n) is 6.23. The van der Waals surface area contributed by atoms with Crippen molar-refractivity contribution >= 4 is 11.8 Å². The van der Waals surface area contributed by atoms with Gasteiger partial charge >= 0.3 is 5.97 Å². The van der Waals surface area contributed by atoms with Crippen LogP contribution in [0.15, 0.2) is 0 Å². The summed E-state index contributed by atoms with van der Waals surface area (Å²) in [4.78, 5) is 24.9. The molecule has 2 aliphatic carbocycles. The smallest absolute Gasteiger partial charge is 0.302 e. The molecule has 0 spiro atoms. The number of ketones is 1. The first-order valence-corrected chi connectivity index (χ1v) is 10.6. The highest BCUT2D eigenvalue weighted by Crippen LogP contribution is 2.58. The highest BCUT2D eigenvalue weighted by molar-refractivity contribution is 5.88. The van der Waals surface area contributed by atoms with E-state index in [2.05, 4.69) is 20.8 Å². The number of hydrogen-bond acceptors (Lipinski definition) is 6. The van der Waals surface area contributed by atoms with Gasteiger partial charge < -0.3 is 19.3 Å². The van der Waals surface area contributed by atoms with Crippen molar-refractivity contribution in [1.82, 2.24) is 0 Å². The first-order valence-electron chi connectivity index (χ1n) is 10.6. The Labute approximate surface area is 167 Å². The third-order valence-electron chi connectivity index (χ3n) is 8.22. The normalized spacial score (nSPS) is 52.4. The Kier molecular flexibility index (Phi) is 4.36. The topological polar surface area (TPSA) is 88.7 Å². The van der Waals surface area contributed by atoms with E-state index in [1.807, 2.05) is 6.92 Å². The molecule has 6 nitrogen and oxygen atoms in total. The van der Waals surface area contributed by atoms with Crippen LogP contribution in [0.1, 0.15) is 73.6 Å². The number of ether oxygens (including phenoxy) is 3. The molecule has 2 saturated carbocycles. The standard InChI is InChI=1S/C22H34O6/c1-12(23)26-14-11-21(5)16(27-21)7-8-20(4)17(28-20)10-13-9-15(24)22(6,25)18(14)19(13,2)3/h13-14,16-18,25H,7-11H2,1-6H3/t13?,14-,16?,17?,18?,20?,21?,22?/m0/s1. The Morgan fingerprint density at radius 2 is 1.75 bits per heavy atom. The molecule has 0 aromatic heterocycles. The average Bonchev–Trinajstić information content (AvgIpc) is 3.37. The molecule has 7 unspecified atom stereocenters. The summed E-state index contributed by atoms with van der Waals surface area (Å²) in [6, 6.07) is 0. The maximum absolute atomic E-state index is 13.0. The molecule has 8 atom stereocenters. The Hall–Kier alpha value is -0.980. The van der Waals surface area contributed by atoms with Crippen molar-refractivity contribution in [1.29, 1.82) is 0 Å². The molecule has 2 aliphatic heterocycles. The van der Waals surface area contributed by atoms with Gasteiger partial charge in [-0.15, -0.1) is 0 Å². The van der Waals surface area contributed by atoms with Crippen molar-refractivity contribution in [2.75, 3.05) is 0 Å². The summed E-state index contributed by atoms with van der Waals surface area (Å²) in [5.74, 6) is -0.992. The van der Waals surface area contributed by atoms with Gasteiger partial charge in [-0.3, -0.25) is 9.59 Å². The molecule has 0 radical (unpaired) electrons. The Bertz CT molecular complexity index is 699. The Balaban J connectivity index is 1.75. The third kappa shape index (κ3) is 3.12. The van der Waals surface area contributed by atoms with E-state index in [1.54, 1.807) is 6.92 Å². The van der Waals surface area contributed by atoms with E-state index in [-0.39, 0.29) is 29.5 Å². The first kappa shape index (κ1) is 20.3. The monoisotopic (exact) mass is 394 g/mol. The van der Waals surface area contributed by atoms with Crippen LogP contribution in [-0.4, -0.2) is 52.0 Å². The Morgan fingerprint density at radius 3 is 2.39 bits per heavy atom. The predicted octanol–water partition coefficient (Wildman–Crippen LogP) is 2.79. The van der Waals surface area contributed by atoms with Crippen LogP contribution in [0.25, 0.3) is 0 Å². The zero-order chi connectivity index (χ0) is 20.7. The van der Waals surface area contributed by atoms with Gasteiger partial charge in [0, 0.05) is 25.7 Å². The molecule has 4 rings (SSSR count). The number of epoxide rings is 2. The Morgan fingerprint density at radius 1 is 1.11 bits per heavy atom. The summed E-state index contributed by atoms with van der Waals surface area (Å²) in [7, 11) is 0. The van der Waals surface area contributed by atoms with Gasteiger partial charge in [-0.1, -0.05) is 13.8 Å². The number of carbonyl (C=O) groups is 2. The number of hydrogen-bond donors (Lipinski definition) is 1. The van der Waals surface area contributed by atoms with Crippen molar-refractivity contribution < 1.29 is 28.9 Å². The average molecular weight is 395 g/mol. The molecule has 4 fully saturated rings. The van der Waals surface area contributed by atoms with Gasteiger partial charge in [0.05, 0.1) is 23.4 Å². The van der Waals surface area contributed by atoms with Crippen molar-refractivity contribution in [2.45, 2.75) is 109 Å². The quantitative estimate of drug-likeness (QED) is 0.543. The van der Waals surface area contributed by atoms with Gasteiger partial charge in [0.1, 0.15) is 11.7 Å². The van der Waals surface area contributed by atoms with Crippen LogP contribution in [-0.2, 0) is 23.8 Å². The number of aliphatic hydroxyl groups is 1. The highest BCUT2D eigenvalue weighted by Gasteiger charge is 2.65. The van der Waals surface area contributed by atoms with Crippen LogP contribution in [0.4, 0.5) is 0 Å². The lowest BCUT2D eigenvalue weighted by Crippen LogP contribution is -2.62. The van der Waals surface area contributed by atoms with E-state index < -0.39 is 34.6 Å². The van der Waals surface area contributed by atoms with Crippen molar-refractivity contribution in [2.24, 2.45) is 17.3 Å². The highest BCUT2D eigenvalue weighted by atomic mass is 16.6. The zero-order valence-electron chi connectivity index (χ0n) is 17.9. The molecule has 2 heterocycles. The first-order chi connectivity index (χ1) is 12.8. The number of rotatable bonds is 1.